The minimum Gasteiger partial charge on any atom is -0.493 e. The van der Waals surface area contributed by atoms with E-state index in [9.17, 15) is 0 Å². The summed E-state index contributed by atoms with van der Waals surface area (Å²) >= 11 is 0. The highest BCUT2D eigenvalue weighted by molar-refractivity contribution is 5.76. The molecule has 0 aliphatic carbocycles. The Labute approximate surface area is 133 Å². The molecule has 6 heteroatoms. The number of aromatic nitrogens is 3. The van der Waals surface area contributed by atoms with Crippen LogP contribution >= 0.6 is 0 Å². The molecule has 0 unspecified atom stereocenters. The number of rotatable bonds is 5. The van der Waals surface area contributed by atoms with Gasteiger partial charge in [-0.3, -0.25) is 0 Å². The number of methoxy groups -OCH3 is 2. The third-order valence-electron chi connectivity index (χ3n) is 3.67. The second-order valence-electron chi connectivity index (χ2n) is 4.98. The maximum atomic E-state index is 8.91. The Balaban J connectivity index is 2.21. The van der Waals surface area contributed by atoms with Crippen LogP contribution in [0.2, 0.25) is 0 Å². The van der Waals surface area contributed by atoms with Gasteiger partial charge in [0.1, 0.15) is 5.52 Å². The summed E-state index contributed by atoms with van der Waals surface area (Å²) in [7, 11) is 3.19. The molecule has 2 aromatic carbocycles. The average Bonchev–Trinajstić information content (AvgIpc) is 3.03. The standard InChI is InChI=1S/C17H16N4O2/c1-22-16-10-12(6-5-9-18)15(11-17(16)23-2)21-14-8-4-3-7-13(14)19-20-21/h3-4,7-8,10-11H,5-6H2,1-2H3. The van der Waals surface area contributed by atoms with E-state index < -0.39 is 0 Å². The van der Waals surface area contributed by atoms with Crippen LogP contribution in [0, 0.1) is 11.3 Å². The van der Waals surface area contributed by atoms with Gasteiger partial charge in [-0.2, -0.15) is 5.26 Å². The van der Waals surface area contributed by atoms with Gasteiger partial charge >= 0.3 is 0 Å². The van der Waals surface area contributed by atoms with Gasteiger partial charge in [0.15, 0.2) is 11.5 Å². The van der Waals surface area contributed by atoms with Crippen molar-refractivity contribution in [3.63, 3.8) is 0 Å². The van der Waals surface area contributed by atoms with Crippen molar-refractivity contribution < 1.29 is 9.47 Å². The largest absolute Gasteiger partial charge is 0.493 e. The molecule has 0 aliphatic heterocycles. The molecule has 3 aromatic rings. The minimum absolute atomic E-state index is 0.412. The molecule has 0 N–H and O–H groups in total. The number of aryl methyl sites for hydroxylation is 1. The van der Waals surface area contributed by atoms with E-state index >= 15 is 0 Å². The summed E-state index contributed by atoms with van der Waals surface area (Å²) < 4.78 is 12.5. The van der Waals surface area contributed by atoms with Crippen molar-refractivity contribution in [2.24, 2.45) is 0 Å². The van der Waals surface area contributed by atoms with E-state index in [4.69, 9.17) is 14.7 Å². The molecule has 0 fully saturated rings. The summed E-state index contributed by atoms with van der Waals surface area (Å²) in [4.78, 5) is 0. The first-order chi connectivity index (χ1) is 11.3. The molecule has 1 aromatic heterocycles. The van der Waals surface area contributed by atoms with Crippen LogP contribution < -0.4 is 9.47 Å². The van der Waals surface area contributed by atoms with Crippen LogP contribution in [0.3, 0.4) is 0 Å². The summed E-state index contributed by atoms with van der Waals surface area (Å²) in [5.41, 5.74) is 3.51. The Morgan fingerprint density at radius 2 is 1.87 bits per heavy atom. The van der Waals surface area contributed by atoms with Gasteiger partial charge in [0.2, 0.25) is 0 Å². The molecule has 6 nitrogen and oxygen atoms in total. The second-order valence-corrected chi connectivity index (χ2v) is 4.98. The third kappa shape index (κ3) is 2.69. The zero-order valence-electron chi connectivity index (χ0n) is 13.0. The summed E-state index contributed by atoms with van der Waals surface area (Å²) in [6.07, 6.45) is 1.01. The SMILES string of the molecule is COc1cc(CCC#N)c(-n2nnc3ccccc32)cc1OC. The zero-order chi connectivity index (χ0) is 16.2. The molecule has 0 amide bonds. The van der Waals surface area contributed by atoms with Crippen molar-refractivity contribution in [2.45, 2.75) is 12.8 Å². The number of nitriles is 1. The smallest absolute Gasteiger partial charge is 0.162 e. The van der Waals surface area contributed by atoms with Gasteiger partial charge in [0.25, 0.3) is 0 Å². The molecule has 0 aliphatic rings. The predicted octanol–water partition coefficient (Wildman–Crippen LogP) is 2.89. The topological polar surface area (TPSA) is 73.0 Å². The predicted molar refractivity (Wildman–Crippen MR) is 85.9 cm³/mol. The molecule has 116 valence electrons. The number of hydrogen-bond acceptors (Lipinski definition) is 5. The Kier molecular flexibility index (Phi) is 4.11. The zero-order valence-corrected chi connectivity index (χ0v) is 13.0. The summed E-state index contributed by atoms with van der Waals surface area (Å²) in [6, 6.07) is 13.7. The fourth-order valence-electron chi connectivity index (χ4n) is 2.55. The van der Waals surface area contributed by atoms with Gasteiger partial charge in [0.05, 0.1) is 31.5 Å². The van der Waals surface area contributed by atoms with Crippen molar-refractivity contribution in [3.8, 4) is 23.3 Å². The fourth-order valence-corrected chi connectivity index (χ4v) is 2.55. The Bertz CT molecular complexity index is 880. The Hall–Kier alpha value is -3.07. The minimum atomic E-state index is 0.412. The van der Waals surface area contributed by atoms with Crippen LogP contribution in [0.25, 0.3) is 16.7 Å². The lowest BCUT2D eigenvalue weighted by atomic mass is 10.1. The fraction of sp³-hybridized carbons (Fsp3) is 0.235. The monoisotopic (exact) mass is 308 g/mol. The average molecular weight is 308 g/mol. The molecule has 0 radical (unpaired) electrons. The van der Waals surface area contributed by atoms with E-state index in [2.05, 4.69) is 16.4 Å². The molecule has 0 saturated carbocycles. The van der Waals surface area contributed by atoms with Crippen LogP contribution in [0.1, 0.15) is 12.0 Å². The summed E-state index contributed by atoms with van der Waals surface area (Å²) in [5.74, 6) is 1.25. The first-order valence-corrected chi connectivity index (χ1v) is 7.21. The Morgan fingerprint density at radius 1 is 1.13 bits per heavy atom. The van der Waals surface area contributed by atoms with Crippen LogP contribution in [0.5, 0.6) is 11.5 Å². The maximum absolute atomic E-state index is 8.91. The number of ether oxygens (including phenoxy) is 2. The number of fused-ring (bicyclic) bond motifs is 1. The summed E-state index contributed by atoms with van der Waals surface area (Å²) in [5, 5.41) is 17.4. The molecule has 0 bridgehead atoms. The van der Waals surface area contributed by atoms with Crippen molar-refractivity contribution in [1.82, 2.24) is 15.0 Å². The quantitative estimate of drug-likeness (QED) is 0.724. The van der Waals surface area contributed by atoms with Crippen LogP contribution in [-0.4, -0.2) is 29.2 Å². The molecule has 23 heavy (non-hydrogen) atoms. The molecule has 0 spiro atoms. The normalized spacial score (nSPS) is 10.5. The number of benzene rings is 2. The van der Waals surface area contributed by atoms with Gasteiger partial charge in [-0.15, -0.1) is 5.10 Å². The second kappa shape index (κ2) is 6.36. The number of nitrogens with zero attached hydrogens (tertiary/aromatic N) is 4. The van der Waals surface area contributed by atoms with E-state index in [0.717, 1.165) is 22.3 Å². The number of para-hydroxylation sites is 1. The Morgan fingerprint density at radius 3 is 2.61 bits per heavy atom. The van der Waals surface area contributed by atoms with Crippen molar-refractivity contribution in [3.05, 3.63) is 42.0 Å². The first-order valence-electron chi connectivity index (χ1n) is 7.21. The molecular formula is C17H16N4O2. The van der Waals surface area contributed by atoms with Crippen molar-refractivity contribution >= 4 is 11.0 Å². The lowest BCUT2D eigenvalue weighted by Crippen LogP contribution is -2.04. The van der Waals surface area contributed by atoms with Crippen LogP contribution in [-0.2, 0) is 6.42 Å². The lowest BCUT2D eigenvalue weighted by Gasteiger charge is -2.14. The van der Waals surface area contributed by atoms with E-state index in [1.54, 1.807) is 18.9 Å². The highest BCUT2D eigenvalue weighted by Crippen LogP contribution is 2.33. The summed E-state index contributed by atoms with van der Waals surface area (Å²) in [6.45, 7) is 0. The van der Waals surface area contributed by atoms with E-state index in [1.165, 1.54) is 0 Å². The van der Waals surface area contributed by atoms with Crippen LogP contribution in [0.4, 0.5) is 0 Å². The highest BCUT2D eigenvalue weighted by atomic mass is 16.5. The van der Waals surface area contributed by atoms with E-state index in [0.29, 0.717) is 24.3 Å². The molecule has 1 heterocycles. The maximum Gasteiger partial charge on any atom is 0.162 e. The third-order valence-corrected chi connectivity index (χ3v) is 3.67. The first kappa shape index (κ1) is 14.9. The molecular weight excluding hydrogens is 292 g/mol. The van der Waals surface area contributed by atoms with E-state index in [1.807, 2.05) is 36.4 Å². The van der Waals surface area contributed by atoms with Gasteiger partial charge in [0, 0.05) is 12.5 Å². The van der Waals surface area contributed by atoms with Gasteiger partial charge in [-0.05, 0) is 30.2 Å². The molecule has 0 atom stereocenters. The van der Waals surface area contributed by atoms with Crippen molar-refractivity contribution in [1.29, 1.82) is 5.26 Å². The van der Waals surface area contributed by atoms with Crippen LogP contribution in [0.15, 0.2) is 36.4 Å². The highest BCUT2D eigenvalue weighted by Gasteiger charge is 2.15. The van der Waals surface area contributed by atoms with Gasteiger partial charge in [-0.1, -0.05) is 17.3 Å². The number of hydrogen-bond donors (Lipinski definition) is 0. The molecule has 3 rings (SSSR count). The van der Waals surface area contributed by atoms with Gasteiger partial charge < -0.3 is 9.47 Å². The van der Waals surface area contributed by atoms with E-state index in [-0.39, 0.29) is 0 Å². The molecule has 0 saturated heterocycles. The van der Waals surface area contributed by atoms with Crippen molar-refractivity contribution in [2.75, 3.05) is 14.2 Å². The lowest BCUT2D eigenvalue weighted by molar-refractivity contribution is 0.354. The van der Waals surface area contributed by atoms with Gasteiger partial charge in [-0.25, -0.2) is 4.68 Å².